The van der Waals surface area contributed by atoms with Gasteiger partial charge in [-0.1, -0.05) is 18.2 Å². The Morgan fingerprint density at radius 3 is 2.55 bits per heavy atom. The van der Waals surface area contributed by atoms with E-state index in [9.17, 15) is 17.6 Å². The molecule has 10 heteroatoms. The van der Waals surface area contributed by atoms with E-state index < -0.39 is 15.9 Å². The van der Waals surface area contributed by atoms with Gasteiger partial charge < -0.3 is 10.1 Å². The second-order valence-corrected chi connectivity index (χ2v) is 8.84. The van der Waals surface area contributed by atoms with E-state index in [-0.39, 0.29) is 23.0 Å². The second-order valence-electron chi connectivity index (χ2n) is 6.93. The molecule has 0 unspecified atom stereocenters. The number of nitrogens with one attached hydrogen (secondary N) is 1. The van der Waals surface area contributed by atoms with Gasteiger partial charge in [-0.3, -0.25) is 9.36 Å². The largest absolute Gasteiger partial charge is 0.379 e. The van der Waals surface area contributed by atoms with Gasteiger partial charge in [-0.15, -0.1) is 0 Å². The fraction of sp³-hybridized carbons (Fsp3) is 0.238. The number of halogens is 1. The smallest absolute Gasteiger partial charge is 0.270 e. The van der Waals surface area contributed by atoms with Crippen LogP contribution in [0.5, 0.6) is 0 Å². The highest BCUT2D eigenvalue weighted by Gasteiger charge is 2.28. The molecule has 3 aromatic rings. The minimum atomic E-state index is -3.70. The average Bonchev–Trinajstić information content (AvgIpc) is 3.29. The lowest BCUT2D eigenvalue weighted by molar-refractivity contribution is 0.0730. The van der Waals surface area contributed by atoms with Crippen LogP contribution in [-0.2, 0) is 21.3 Å². The van der Waals surface area contributed by atoms with Crippen molar-refractivity contribution in [1.82, 2.24) is 19.2 Å². The van der Waals surface area contributed by atoms with Crippen molar-refractivity contribution < 1.29 is 22.3 Å². The van der Waals surface area contributed by atoms with Crippen molar-refractivity contribution in [3.63, 3.8) is 0 Å². The molecule has 1 aliphatic heterocycles. The summed E-state index contributed by atoms with van der Waals surface area (Å²) >= 11 is 0. The first-order valence-electron chi connectivity index (χ1n) is 9.69. The van der Waals surface area contributed by atoms with Crippen molar-refractivity contribution in [3.8, 4) is 5.69 Å². The molecule has 8 nitrogen and oxygen atoms in total. The molecule has 0 spiro atoms. The Morgan fingerprint density at radius 1 is 1.10 bits per heavy atom. The third kappa shape index (κ3) is 4.50. The lowest BCUT2D eigenvalue weighted by Crippen LogP contribution is -2.41. The third-order valence-electron chi connectivity index (χ3n) is 4.98. The third-order valence-corrected chi connectivity index (χ3v) is 6.97. The molecule has 1 aliphatic rings. The van der Waals surface area contributed by atoms with E-state index in [0.717, 1.165) is 0 Å². The van der Waals surface area contributed by atoms with Gasteiger partial charge in [0.05, 0.1) is 30.6 Å². The van der Waals surface area contributed by atoms with E-state index in [4.69, 9.17) is 4.74 Å². The number of sulfonamides is 1. The standard InChI is InChI=1S/C21H21FN4O4S/c22-17-5-7-18(8-6-17)26-15-23-14-19(26)21(27)24-13-16-3-1-2-4-20(16)31(28,29)25-9-11-30-12-10-25/h1-8,14-15H,9-13H2,(H,24,27). The molecule has 0 radical (unpaired) electrons. The maximum absolute atomic E-state index is 13.2. The van der Waals surface area contributed by atoms with Gasteiger partial charge in [-0.2, -0.15) is 4.31 Å². The van der Waals surface area contributed by atoms with Crippen molar-refractivity contribution in [2.24, 2.45) is 0 Å². The number of ether oxygens (including phenoxy) is 1. The number of imidazole rings is 1. The zero-order valence-electron chi connectivity index (χ0n) is 16.6. The first-order chi connectivity index (χ1) is 15.0. The molecule has 4 rings (SSSR count). The van der Waals surface area contributed by atoms with Gasteiger partial charge in [-0.05, 0) is 35.9 Å². The molecular weight excluding hydrogens is 423 g/mol. The molecule has 162 valence electrons. The van der Waals surface area contributed by atoms with E-state index in [2.05, 4.69) is 10.3 Å². The summed E-state index contributed by atoms with van der Waals surface area (Å²) in [5.74, 6) is -0.812. The number of rotatable bonds is 6. The van der Waals surface area contributed by atoms with Crippen molar-refractivity contribution in [3.05, 3.63) is 78.1 Å². The number of hydrogen-bond donors (Lipinski definition) is 1. The van der Waals surface area contributed by atoms with Crippen LogP contribution < -0.4 is 5.32 Å². The van der Waals surface area contributed by atoms with E-state index in [1.165, 1.54) is 51.7 Å². The van der Waals surface area contributed by atoms with Crippen LogP contribution in [0.15, 0.2) is 66.0 Å². The molecule has 0 bridgehead atoms. The normalized spacial score (nSPS) is 15.0. The molecule has 1 aromatic heterocycles. The average molecular weight is 444 g/mol. The van der Waals surface area contributed by atoms with Crippen LogP contribution >= 0.6 is 0 Å². The number of hydrogen-bond acceptors (Lipinski definition) is 5. The van der Waals surface area contributed by atoms with Gasteiger partial charge in [-0.25, -0.2) is 17.8 Å². The molecule has 31 heavy (non-hydrogen) atoms. The van der Waals surface area contributed by atoms with Crippen LogP contribution in [0.3, 0.4) is 0 Å². The molecule has 1 fully saturated rings. The summed E-state index contributed by atoms with van der Waals surface area (Å²) in [6, 6.07) is 12.3. The Morgan fingerprint density at radius 2 is 1.81 bits per heavy atom. The summed E-state index contributed by atoms with van der Waals surface area (Å²) in [6.07, 6.45) is 2.86. The number of aromatic nitrogens is 2. The maximum atomic E-state index is 13.2. The number of morpholine rings is 1. The van der Waals surface area contributed by atoms with E-state index in [1.807, 2.05) is 0 Å². The Kier molecular flexibility index (Phi) is 6.12. The molecular formula is C21H21FN4O4S. The van der Waals surface area contributed by atoms with Gasteiger partial charge in [0.15, 0.2) is 0 Å². The summed E-state index contributed by atoms with van der Waals surface area (Å²) in [6.45, 7) is 1.31. The van der Waals surface area contributed by atoms with Crippen LogP contribution in [0.1, 0.15) is 16.1 Å². The van der Waals surface area contributed by atoms with Crippen molar-refractivity contribution in [2.75, 3.05) is 26.3 Å². The predicted octanol–water partition coefficient (Wildman–Crippen LogP) is 1.96. The van der Waals surface area contributed by atoms with Gasteiger partial charge in [0.2, 0.25) is 10.0 Å². The first kappa shape index (κ1) is 21.2. The molecule has 1 saturated heterocycles. The highest BCUT2D eigenvalue weighted by Crippen LogP contribution is 2.21. The zero-order chi connectivity index (χ0) is 21.8. The van der Waals surface area contributed by atoms with Crippen LogP contribution in [0, 0.1) is 5.82 Å². The minimum absolute atomic E-state index is 0.0210. The number of benzene rings is 2. The fourth-order valence-corrected chi connectivity index (χ4v) is 4.99. The highest BCUT2D eigenvalue weighted by molar-refractivity contribution is 7.89. The van der Waals surface area contributed by atoms with Gasteiger partial charge in [0.25, 0.3) is 5.91 Å². The van der Waals surface area contributed by atoms with Crippen LogP contribution in [0.25, 0.3) is 5.69 Å². The van der Waals surface area contributed by atoms with Crippen LogP contribution in [-0.4, -0.2) is 54.5 Å². The molecule has 0 atom stereocenters. The maximum Gasteiger partial charge on any atom is 0.270 e. The number of nitrogens with zero attached hydrogens (tertiary/aromatic N) is 3. The Hall–Kier alpha value is -3.08. The fourth-order valence-electron chi connectivity index (χ4n) is 3.36. The molecule has 2 aromatic carbocycles. The molecule has 0 saturated carbocycles. The topological polar surface area (TPSA) is 93.5 Å². The Labute approximate surface area is 179 Å². The van der Waals surface area contributed by atoms with Crippen molar-refractivity contribution >= 4 is 15.9 Å². The SMILES string of the molecule is O=C(NCc1ccccc1S(=O)(=O)N1CCOCC1)c1cncn1-c1ccc(F)cc1. The first-order valence-corrected chi connectivity index (χ1v) is 11.1. The quantitative estimate of drug-likeness (QED) is 0.627. The van der Waals surface area contributed by atoms with Gasteiger partial charge in [0.1, 0.15) is 11.5 Å². The predicted molar refractivity (Wildman–Crippen MR) is 111 cm³/mol. The van der Waals surface area contributed by atoms with Crippen LogP contribution in [0.2, 0.25) is 0 Å². The zero-order valence-corrected chi connectivity index (χ0v) is 17.4. The number of carbonyl (C=O) groups excluding carboxylic acids is 1. The van der Waals surface area contributed by atoms with Crippen molar-refractivity contribution in [1.29, 1.82) is 0 Å². The van der Waals surface area contributed by atoms with Crippen LogP contribution in [0.4, 0.5) is 4.39 Å². The summed E-state index contributed by atoms with van der Waals surface area (Å²) in [5.41, 5.74) is 1.31. The van der Waals surface area contributed by atoms with Gasteiger partial charge >= 0.3 is 0 Å². The second kappa shape index (κ2) is 8.96. The summed E-state index contributed by atoms with van der Waals surface area (Å²) in [5, 5.41) is 2.76. The van der Waals surface area contributed by atoms with Gasteiger partial charge in [0, 0.05) is 25.3 Å². The Bertz CT molecular complexity index is 1170. The number of amides is 1. The Balaban J connectivity index is 1.53. The molecule has 1 amide bonds. The lowest BCUT2D eigenvalue weighted by atomic mass is 10.2. The van der Waals surface area contributed by atoms with Crippen molar-refractivity contribution in [2.45, 2.75) is 11.4 Å². The summed E-state index contributed by atoms with van der Waals surface area (Å²) < 4.78 is 47.5. The lowest BCUT2D eigenvalue weighted by Gasteiger charge is -2.27. The summed E-state index contributed by atoms with van der Waals surface area (Å²) in [4.78, 5) is 16.9. The highest BCUT2D eigenvalue weighted by atomic mass is 32.2. The summed E-state index contributed by atoms with van der Waals surface area (Å²) in [7, 11) is -3.70. The van der Waals surface area contributed by atoms with E-state index >= 15 is 0 Å². The molecule has 0 aliphatic carbocycles. The minimum Gasteiger partial charge on any atom is -0.379 e. The molecule has 1 N–H and O–H groups in total. The monoisotopic (exact) mass is 444 g/mol. The number of carbonyl (C=O) groups is 1. The van der Waals surface area contributed by atoms with E-state index in [1.54, 1.807) is 18.2 Å². The van der Waals surface area contributed by atoms with E-state index in [0.29, 0.717) is 37.6 Å². The molecule has 2 heterocycles.